The van der Waals surface area contributed by atoms with Gasteiger partial charge in [0, 0.05) is 17.6 Å². The number of carbonyl (C=O) groups excluding carboxylic acids is 1. The van der Waals surface area contributed by atoms with E-state index >= 15 is 0 Å². The molecule has 2 N–H and O–H groups in total. The number of carbonyl (C=O) groups is 1. The maximum Gasteiger partial charge on any atom is 0.280 e. The van der Waals surface area contributed by atoms with Gasteiger partial charge in [-0.15, -0.1) is 0 Å². The molecule has 2 aromatic rings. The average Bonchev–Trinajstić information content (AvgIpc) is 3.19. The lowest BCUT2D eigenvalue weighted by molar-refractivity contribution is 0.0719. The van der Waals surface area contributed by atoms with E-state index in [4.69, 9.17) is 17.3 Å². The first-order valence-corrected chi connectivity index (χ1v) is 6.66. The van der Waals surface area contributed by atoms with Crippen LogP contribution in [-0.2, 0) is 6.54 Å². The number of amides is 1. The largest absolute Gasteiger partial charge is 0.379 e. The maximum atomic E-state index is 12.4. The van der Waals surface area contributed by atoms with Crippen LogP contribution in [0.1, 0.15) is 28.9 Å². The number of hydrogen-bond acceptors (Lipinski definition) is 5. The fourth-order valence-electron chi connectivity index (χ4n) is 2.02. The number of rotatable bonds is 4. The summed E-state index contributed by atoms with van der Waals surface area (Å²) in [5.74, 6) is -0.224. The van der Waals surface area contributed by atoms with Crippen molar-refractivity contribution in [2.24, 2.45) is 0 Å². The Morgan fingerprint density at radius 1 is 1.35 bits per heavy atom. The highest BCUT2D eigenvalue weighted by Crippen LogP contribution is 2.30. The fraction of sp³-hybridized carbons (Fsp3) is 0.308. The van der Waals surface area contributed by atoms with Crippen LogP contribution in [0.25, 0.3) is 0 Å². The van der Waals surface area contributed by atoms with Crippen molar-refractivity contribution >= 4 is 23.3 Å². The zero-order valence-electron chi connectivity index (χ0n) is 10.6. The number of anilines is 1. The first-order valence-electron chi connectivity index (χ1n) is 6.28. The number of halogens is 1. The van der Waals surface area contributed by atoms with Gasteiger partial charge in [-0.25, -0.2) is 4.63 Å². The van der Waals surface area contributed by atoms with Crippen LogP contribution in [0.5, 0.6) is 0 Å². The molecule has 6 nitrogen and oxygen atoms in total. The van der Waals surface area contributed by atoms with Gasteiger partial charge in [-0.05, 0) is 40.9 Å². The summed E-state index contributed by atoms with van der Waals surface area (Å²) < 4.78 is 4.49. The Hall–Kier alpha value is -2.08. The molecule has 20 heavy (non-hydrogen) atoms. The van der Waals surface area contributed by atoms with Gasteiger partial charge in [-0.1, -0.05) is 23.7 Å². The lowest BCUT2D eigenvalue weighted by Crippen LogP contribution is -2.33. The second kappa shape index (κ2) is 5.13. The Morgan fingerprint density at radius 3 is 2.60 bits per heavy atom. The lowest BCUT2D eigenvalue weighted by Gasteiger charge is -2.21. The van der Waals surface area contributed by atoms with Crippen molar-refractivity contribution in [3.63, 3.8) is 0 Å². The van der Waals surface area contributed by atoms with Crippen LogP contribution in [0.4, 0.5) is 5.82 Å². The van der Waals surface area contributed by atoms with Gasteiger partial charge >= 0.3 is 0 Å². The molecule has 0 radical (unpaired) electrons. The molecule has 104 valence electrons. The summed E-state index contributed by atoms with van der Waals surface area (Å²) >= 11 is 5.86. The summed E-state index contributed by atoms with van der Waals surface area (Å²) in [4.78, 5) is 14.2. The van der Waals surface area contributed by atoms with Gasteiger partial charge in [-0.2, -0.15) is 0 Å². The Labute approximate surface area is 120 Å². The van der Waals surface area contributed by atoms with E-state index in [9.17, 15) is 4.79 Å². The van der Waals surface area contributed by atoms with E-state index in [-0.39, 0.29) is 23.5 Å². The zero-order valence-corrected chi connectivity index (χ0v) is 11.4. The highest BCUT2D eigenvalue weighted by atomic mass is 35.5. The molecule has 1 heterocycles. The summed E-state index contributed by atoms with van der Waals surface area (Å²) in [6.07, 6.45) is 1.98. The third-order valence-corrected chi connectivity index (χ3v) is 3.48. The van der Waals surface area contributed by atoms with E-state index in [1.54, 1.807) is 17.0 Å². The molecule has 7 heteroatoms. The summed E-state index contributed by atoms with van der Waals surface area (Å²) in [5.41, 5.74) is 6.66. The molecule has 0 bridgehead atoms. The summed E-state index contributed by atoms with van der Waals surface area (Å²) in [5, 5.41) is 7.69. The van der Waals surface area contributed by atoms with E-state index in [1.807, 2.05) is 12.1 Å². The van der Waals surface area contributed by atoms with Gasteiger partial charge in [0.15, 0.2) is 0 Å². The number of aromatic nitrogens is 2. The van der Waals surface area contributed by atoms with Gasteiger partial charge in [0.25, 0.3) is 5.91 Å². The van der Waals surface area contributed by atoms with Crippen molar-refractivity contribution in [2.75, 3.05) is 5.73 Å². The predicted molar refractivity (Wildman–Crippen MR) is 73.1 cm³/mol. The Balaban J connectivity index is 1.81. The first-order chi connectivity index (χ1) is 9.65. The highest BCUT2D eigenvalue weighted by Gasteiger charge is 2.35. The van der Waals surface area contributed by atoms with Crippen LogP contribution in [-0.4, -0.2) is 27.2 Å². The molecule has 1 amide bonds. The van der Waals surface area contributed by atoms with Gasteiger partial charge in [0.1, 0.15) is 0 Å². The molecule has 0 spiro atoms. The van der Waals surface area contributed by atoms with Gasteiger partial charge in [0.2, 0.25) is 11.5 Å². The number of nitrogens with zero attached hydrogens (tertiary/aromatic N) is 3. The molecule has 1 aliphatic carbocycles. The minimum absolute atomic E-state index is 0.0248. The molecule has 1 aromatic carbocycles. The lowest BCUT2D eigenvalue weighted by atomic mass is 10.2. The second-order valence-corrected chi connectivity index (χ2v) is 5.23. The van der Waals surface area contributed by atoms with Crippen LogP contribution in [0.15, 0.2) is 28.9 Å². The number of nitrogen functional groups attached to an aromatic ring is 1. The van der Waals surface area contributed by atoms with E-state index < -0.39 is 0 Å². The summed E-state index contributed by atoms with van der Waals surface area (Å²) in [6, 6.07) is 7.64. The average molecular weight is 293 g/mol. The second-order valence-electron chi connectivity index (χ2n) is 4.79. The maximum absolute atomic E-state index is 12.4. The van der Waals surface area contributed by atoms with Crippen LogP contribution >= 0.6 is 11.6 Å². The van der Waals surface area contributed by atoms with E-state index in [1.165, 1.54) is 0 Å². The molecule has 0 aliphatic heterocycles. The molecule has 1 fully saturated rings. The van der Waals surface area contributed by atoms with Crippen LogP contribution < -0.4 is 5.73 Å². The van der Waals surface area contributed by atoms with Crippen molar-refractivity contribution in [1.29, 1.82) is 0 Å². The number of nitrogens with two attached hydrogens (primary N) is 1. The number of hydrogen-bond donors (Lipinski definition) is 1. The Kier molecular flexibility index (Phi) is 3.31. The SMILES string of the molecule is Nc1nonc1C(=O)N(Cc1ccc(Cl)cc1)C1CC1. The minimum atomic E-state index is -0.249. The Morgan fingerprint density at radius 2 is 2.05 bits per heavy atom. The Bertz CT molecular complexity index is 622. The molecular weight excluding hydrogens is 280 g/mol. The topological polar surface area (TPSA) is 85.2 Å². The number of benzene rings is 1. The van der Waals surface area contributed by atoms with E-state index in [0.717, 1.165) is 18.4 Å². The standard InChI is InChI=1S/C13H13ClN4O2/c14-9-3-1-8(2-4-9)7-18(10-5-6-10)13(19)11-12(15)17-20-16-11/h1-4,10H,5-7H2,(H2,15,17). The molecule has 1 saturated carbocycles. The van der Waals surface area contributed by atoms with E-state index in [0.29, 0.717) is 11.6 Å². The molecule has 1 aromatic heterocycles. The predicted octanol–water partition coefficient (Wildman–Crippen LogP) is 2.11. The monoisotopic (exact) mass is 292 g/mol. The molecular formula is C13H13ClN4O2. The quantitative estimate of drug-likeness (QED) is 0.933. The van der Waals surface area contributed by atoms with Crippen molar-refractivity contribution in [1.82, 2.24) is 15.2 Å². The molecule has 1 aliphatic rings. The summed E-state index contributed by atoms with van der Waals surface area (Å²) in [7, 11) is 0. The van der Waals surface area contributed by atoms with Crippen molar-refractivity contribution in [3.8, 4) is 0 Å². The molecule has 3 rings (SSSR count). The molecule has 0 saturated heterocycles. The van der Waals surface area contributed by atoms with Crippen LogP contribution in [0.2, 0.25) is 5.02 Å². The minimum Gasteiger partial charge on any atom is -0.379 e. The fourth-order valence-corrected chi connectivity index (χ4v) is 2.15. The van der Waals surface area contributed by atoms with Gasteiger partial charge in [-0.3, -0.25) is 4.79 Å². The normalized spacial score (nSPS) is 14.2. The smallest absolute Gasteiger partial charge is 0.280 e. The van der Waals surface area contributed by atoms with Crippen molar-refractivity contribution in [3.05, 3.63) is 40.5 Å². The van der Waals surface area contributed by atoms with Crippen molar-refractivity contribution in [2.45, 2.75) is 25.4 Å². The highest BCUT2D eigenvalue weighted by molar-refractivity contribution is 6.30. The summed E-state index contributed by atoms with van der Waals surface area (Å²) in [6.45, 7) is 0.493. The third kappa shape index (κ3) is 2.60. The van der Waals surface area contributed by atoms with Gasteiger partial charge in [0.05, 0.1) is 0 Å². The third-order valence-electron chi connectivity index (χ3n) is 3.23. The first kappa shape index (κ1) is 12.9. The van der Waals surface area contributed by atoms with E-state index in [2.05, 4.69) is 14.9 Å². The zero-order chi connectivity index (χ0) is 14.1. The van der Waals surface area contributed by atoms with Crippen molar-refractivity contribution < 1.29 is 9.42 Å². The molecule has 0 unspecified atom stereocenters. The van der Waals surface area contributed by atoms with Crippen LogP contribution in [0, 0.1) is 0 Å². The van der Waals surface area contributed by atoms with Crippen LogP contribution in [0.3, 0.4) is 0 Å². The van der Waals surface area contributed by atoms with Gasteiger partial charge < -0.3 is 10.6 Å². The molecule has 0 atom stereocenters.